The topological polar surface area (TPSA) is 73.9 Å². The summed E-state index contributed by atoms with van der Waals surface area (Å²) in [5, 5.41) is 10.9. The van der Waals surface area contributed by atoms with Crippen LogP contribution in [-0.4, -0.2) is 40.2 Å². The Bertz CT molecular complexity index is 830. The van der Waals surface area contributed by atoms with Crippen LogP contribution >= 0.6 is 11.3 Å². The zero-order chi connectivity index (χ0) is 16.5. The molecule has 1 aliphatic heterocycles. The maximum Gasteiger partial charge on any atom is 0.280 e. The van der Waals surface area contributed by atoms with E-state index in [4.69, 9.17) is 0 Å². The van der Waals surface area contributed by atoms with Gasteiger partial charge in [0.25, 0.3) is 5.91 Å². The van der Waals surface area contributed by atoms with Crippen molar-refractivity contribution in [2.24, 2.45) is 0 Å². The van der Waals surface area contributed by atoms with Crippen molar-refractivity contribution in [3.8, 4) is 0 Å². The first-order valence-electron chi connectivity index (χ1n) is 8.12. The summed E-state index contributed by atoms with van der Waals surface area (Å²) in [6.07, 6.45) is 1.84. The zero-order valence-corrected chi connectivity index (χ0v) is 14.3. The molecule has 2 N–H and O–H groups in total. The molecule has 1 amide bonds. The summed E-state index contributed by atoms with van der Waals surface area (Å²) < 4.78 is 1.05. The molecule has 0 radical (unpaired) electrons. The van der Waals surface area contributed by atoms with Crippen LogP contribution in [0.3, 0.4) is 0 Å². The fourth-order valence-corrected chi connectivity index (χ4v) is 3.90. The number of carbonyl (C=O) groups excluding carboxylic acids is 1. The van der Waals surface area contributed by atoms with Crippen molar-refractivity contribution in [2.75, 3.05) is 18.0 Å². The number of hydrogen-bond donors (Lipinski definition) is 2. The second-order valence-electron chi connectivity index (χ2n) is 6.13. The van der Waals surface area contributed by atoms with E-state index in [-0.39, 0.29) is 11.9 Å². The van der Waals surface area contributed by atoms with Crippen LogP contribution in [-0.2, 0) is 0 Å². The van der Waals surface area contributed by atoms with Crippen LogP contribution in [0.25, 0.3) is 10.2 Å². The molecule has 6 nitrogen and oxygen atoms in total. The number of carbonyl (C=O) groups is 1. The lowest BCUT2D eigenvalue weighted by molar-refractivity contribution is 0.0931. The number of para-hydroxylation sites is 1. The van der Waals surface area contributed by atoms with Crippen molar-refractivity contribution < 1.29 is 4.79 Å². The van der Waals surface area contributed by atoms with Crippen LogP contribution in [0.15, 0.2) is 30.3 Å². The Morgan fingerprint density at radius 3 is 2.83 bits per heavy atom. The number of fused-ring (bicyclic) bond motifs is 1. The Balaban J connectivity index is 1.37. The largest absolute Gasteiger partial charge is 0.355 e. The van der Waals surface area contributed by atoms with Crippen LogP contribution in [0.5, 0.6) is 0 Å². The maximum absolute atomic E-state index is 12.4. The number of nitrogens with one attached hydrogen (secondary N) is 2. The van der Waals surface area contributed by atoms with Gasteiger partial charge in [-0.25, -0.2) is 4.98 Å². The summed E-state index contributed by atoms with van der Waals surface area (Å²) in [7, 11) is 0. The quantitative estimate of drug-likeness (QED) is 0.768. The van der Waals surface area contributed by atoms with Crippen LogP contribution in [0.2, 0.25) is 0 Å². The lowest BCUT2D eigenvalue weighted by atomic mass is 10.1. The molecular formula is C17H19N5OS. The van der Waals surface area contributed by atoms with E-state index in [9.17, 15) is 4.79 Å². The summed E-state index contributed by atoms with van der Waals surface area (Å²) in [5.74, 6) is 0.925. The molecule has 1 aromatic carbocycles. The Morgan fingerprint density at radius 2 is 2.12 bits per heavy atom. The van der Waals surface area contributed by atoms with Gasteiger partial charge in [-0.2, -0.15) is 5.10 Å². The van der Waals surface area contributed by atoms with Crippen molar-refractivity contribution in [2.45, 2.75) is 25.8 Å². The van der Waals surface area contributed by atoms with E-state index in [1.54, 1.807) is 0 Å². The van der Waals surface area contributed by atoms with Gasteiger partial charge in [-0.05, 0) is 31.9 Å². The normalized spacial score (nSPS) is 15.8. The second-order valence-corrected chi connectivity index (χ2v) is 7.16. The van der Waals surface area contributed by atoms with Gasteiger partial charge in [-0.3, -0.25) is 9.89 Å². The number of nitrogens with zero attached hydrogens (tertiary/aromatic N) is 3. The van der Waals surface area contributed by atoms with Gasteiger partial charge < -0.3 is 10.2 Å². The fourth-order valence-electron chi connectivity index (χ4n) is 3.04. The third-order valence-electron chi connectivity index (χ3n) is 4.33. The minimum Gasteiger partial charge on any atom is -0.355 e. The Hall–Kier alpha value is -2.41. The highest BCUT2D eigenvalue weighted by molar-refractivity contribution is 7.20. The smallest absolute Gasteiger partial charge is 0.280 e. The van der Waals surface area contributed by atoms with E-state index in [2.05, 4.69) is 31.5 Å². The Labute approximate surface area is 143 Å². The Morgan fingerprint density at radius 1 is 1.33 bits per heavy atom. The predicted octanol–water partition coefficient (Wildman–Crippen LogP) is 2.73. The minimum absolute atomic E-state index is 0.0646. The van der Waals surface area contributed by atoms with E-state index in [1.165, 1.54) is 11.3 Å². The summed E-state index contributed by atoms with van der Waals surface area (Å²) in [6.45, 7) is 3.80. The van der Waals surface area contributed by atoms with Crippen LogP contribution in [0, 0.1) is 6.92 Å². The first-order valence-corrected chi connectivity index (χ1v) is 8.94. The van der Waals surface area contributed by atoms with E-state index < -0.39 is 0 Å². The summed E-state index contributed by atoms with van der Waals surface area (Å²) in [4.78, 5) is 19.1. The highest BCUT2D eigenvalue weighted by Crippen LogP contribution is 2.22. The number of aryl methyl sites for hydroxylation is 1. The standard InChI is InChI=1S/C17H19N5OS/c1-11-10-15(21-20-11)22-8-6-12(7-9-22)18-16(23)17-19-13-4-2-3-5-14(13)24-17/h2-5,10,12H,6-9H2,1H3,(H,18,23)(H,20,21). The number of aromatic amines is 1. The highest BCUT2D eigenvalue weighted by Gasteiger charge is 2.23. The third-order valence-corrected chi connectivity index (χ3v) is 5.37. The van der Waals surface area contributed by atoms with Gasteiger partial charge in [0.1, 0.15) is 0 Å². The number of hydrogen-bond acceptors (Lipinski definition) is 5. The van der Waals surface area contributed by atoms with E-state index in [0.29, 0.717) is 5.01 Å². The van der Waals surface area contributed by atoms with Gasteiger partial charge in [0, 0.05) is 30.9 Å². The lowest BCUT2D eigenvalue weighted by Crippen LogP contribution is -2.44. The number of aromatic nitrogens is 3. The van der Waals surface area contributed by atoms with Crippen molar-refractivity contribution >= 4 is 33.3 Å². The average Bonchev–Trinajstić information content (AvgIpc) is 3.21. The molecule has 3 heterocycles. The van der Waals surface area contributed by atoms with Crippen molar-refractivity contribution in [1.29, 1.82) is 0 Å². The fraction of sp³-hybridized carbons (Fsp3) is 0.353. The third kappa shape index (κ3) is 2.99. The van der Waals surface area contributed by atoms with Crippen LogP contribution in [0.4, 0.5) is 5.82 Å². The molecule has 1 fully saturated rings. The number of anilines is 1. The van der Waals surface area contributed by atoms with Gasteiger partial charge in [-0.15, -0.1) is 11.3 Å². The minimum atomic E-state index is -0.0646. The van der Waals surface area contributed by atoms with E-state index >= 15 is 0 Å². The molecule has 124 valence electrons. The SMILES string of the molecule is Cc1cc(N2CCC(NC(=O)c3nc4ccccc4s3)CC2)n[nH]1. The molecule has 0 spiro atoms. The van der Waals surface area contributed by atoms with Gasteiger partial charge in [0.2, 0.25) is 0 Å². The van der Waals surface area contributed by atoms with E-state index in [1.807, 2.05) is 31.2 Å². The molecule has 0 aliphatic carbocycles. The number of rotatable bonds is 3. The summed E-state index contributed by atoms with van der Waals surface area (Å²) in [6, 6.07) is 10.1. The molecule has 2 aromatic heterocycles. The highest BCUT2D eigenvalue weighted by atomic mass is 32.1. The maximum atomic E-state index is 12.4. The summed E-state index contributed by atoms with van der Waals surface area (Å²) >= 11 is 1.45. The van der Waals surface area contributed by atoms with Crippen molar-refractivity contribution in [1.82, 2.24) is 20.5 Å². The predicted molar refractivity (Wildman–Crippen MR) is 95.6 cm³/mol. The Kier molecular flexibility index (Phi) is 3.93. The lowest BCUT2D eigenvalue weighted by Gasteiger charge is -2.32. The molecule has 0 saturated carbocycles. The van der Waals surface area contributed by atoms with Gasteiger partial charge >= 0.3 is 0 Å². The summed E-state index contributed by atoms with van der Waals surface area (Å²) in [5.41, 5.74) is 1.95. The number of H-pyrrole nitrogens is 1. The monoisotopic (exact) mass is 341 g/mol. The molecule has 0 unspecified atom stereocenters. The molecule has 7 heteroatoms. The second kappa shape index (κ2) is 6.24. The van der Waals surface area contributed by atoms with Crippen molar-refractivity contribution in [3.05, 3.63) is 41.0 Å². The van der Waals surface area contributed by atoms with Crippen LogP contribution in [0.1, 0.15) is 28.3 Å². The molecule has 0 bridgehead atoms. The molecule has 1 saturated heterocycles. The van der Waals surface area contributed by atoms with Gasteiger partial charge in [-0.1, -0.05) is 12.1 Å². The first-order chi connectivity index (χ1) is 11.7. The zero-order valence-electron chi connectivity index (χ0n) is 13.5. The number of benzene rings is 1. The van der Waals surface area contributed by atoms with E-state index in [0.717, 1.165) is 47.7 Å². The van der Waals surface area contributed by atoms with Gasteiger partial charge in [0.05, 0.1) is 10.2 Å². The van der Waals surface area contributed by atoms with Gasteiger partial charge in [0.15, 0.2) is 10.8 Å². The number of thiazole rings is 1. The van der Waals surface area contributed by atoms with Crippen LogP contribution < -0.4 is 10.2 Å². The molecular weight excluding hydrogens is 322 g/mol. The molecule has 0 atom stereocenters. The molecule has 24 heavy (non-hydrogen) atoms. The first kappa shape index (κ1) is 15.1. The molecule has 1 aliphatic rings. The average molecular weight is 341 g/mol. The number of amides is 1. The van der Waals surface area contributed by atoms with Crippen molar-refractivity contribution in [3.63, 3.8) is 0 Å². The molecule has 3 aromatic rings. The molecule has 4 rings (SSSR count). The number of piperidine rings is 1.